The van der Waals surface area contributed by atoms with E-state index in [0.29, 0.717) is 5.15 Å². The maximum Gasteiger partial charge on any atom is 0.152 e. The molecule has 2 aromatic rings. The number of anilines is 1. The van der Waals surface area contributed by atoms with Crippen molar-refractivity contribution >= 4 is 44.6 Å². The molecular weight excluding hydrogens is 308 g/mol. The minimum atomic E-state index is 0.524. The molecule has 0 atom stereocenters. The van der Waals surface area contributed by atoms with Crippen molar-refractivity contribution in [3.05, 3.63) is 43.8 Å². The minimum absolute atomic E-state index is 0.524. The lowest BCUT2D eigenvalue weighted by Crippen LogP contribution is -2.00. The Kier molecular flexibility index (Phi) is 3.84. The normalized spacial score (nSPS) is 10.4. The molecule has 0 unspecified atom stereocenters. The van der Waals surface area contributed by atoms with Crippen molar-refractivity contribution in [2.75, 3.05) is 5.32 Å². The van der Waals surface area contributed by atoms with E-state index in [-0.39, 0.29) is 0 Å². The molecule has 84 valence electrons. The van der Waals surface area contributed by atoms with E-state index < -0.39 is 0 Å². The Morgan fingerprint density at radius 1 is 1.56 bits per heavy atom. The number of thiophene rings is 1. The maximum absolute atomic E-state index is 6.02. The van der Waals surface area contributed by atoms with Crippen molar-refractivity contribution in [1.29, 1.82) is 0 Å². The van der Waals surface area contributed by atoms with E-state index in [4.69, 9.17) is 11.6 Å². The summed E-state index contributed by atoms with van der Waals surface area (Å²) in [6, 6.07) is 4.04. The summed E-state index contributed by atoms with van der Waals surface area (Å²) in [6.07, 6.45) is 1.71. The molecular formula is C11H10BrClN2S. The topological polar surface area (TPSA) is 24.9 Å². The van der Waals surface area contributed by atoms with Crippen LogP contribution in [0.25, 0.3) is 0 Å². The zero-order valence-corrected chi connectivity index (χ0v) is 11.8. The molecule has 0 saturated carbocycles. The Bertz CT molecular complexity index is 478. The average Bonchev–Trinajstić information content (AvgIpc) is 2.63. The predicted molar refractivity (Wildman–Crippen MR) is 73.3 cm³/mol. The lowest BCUT2D eigenvalue weighted by molar-refractivity contribution is 1.15. The maximum atomic E-state index is 6.02. The second-order valence-electron chi connectivity index (χ2n) is 3.38. The first-order valence-corrected chi connectivity index (χ1v) is 6.80. The molecule has 0 amide bonds. The zero-order chi connectivity index (χ0) is 11.5. The van der Waals surface area contributed by atoms with Crippen LogP contribution in [0.15, 0.2) is 28.2 Å². The van der Waals surface area contributed by atoms with Gasteiger partial charge in [-0.1, -0.05) is 11.6 Å². The Balaban J connectivity index is 2.10. The minimum Gasteiger partial charge on any atom is -0.377 e. The number of hydrogen-bond donors (Lipinski definition) is 1. The Hall–Kier alpha value is -0.580. The van der Waals surface area contributed by atoms with Gasteiger partial charge in [-0.2, -0.15) is 0 Å². The summed E-state index contributed by atoms with van der Waals surface area (Å²) in [5.74, 6) is 0. The molecule has 0 aromatic carbocycles. The summed E-state index contributed by atoms with van der Waals surface area (Å²) in [5, 5.41) is 5.89. The third kappa shape index (κ3) is 2.75. The van der Waals surface area contributed by atoms with E-state index >= 15 is 0 Å². The number of rotatable bonds is 3. The largest absolute Gasteiger partial charge is 0.377 e. The van der Waals surface area contributed by atoms with Crippen LogP contribution in [0.2, 0.25) is 5.15 Å². The van der Waals surface area contributed by atoms with Gasteiger partial charge in [0.1, 0.15) is 0 Å². The summed E-state index contributed by atoms with van der Waals surface area (Å²) in [5.41, 5.74) is 2.02. The van der Waals surface area contributed by atoms with Gasteiger partial charge in [-0.3, -0.25) is 0 Å². The fourth-order valence-corrected chi connectivity index (χ4v) is 3.02. The molecule has 2 aromatic heterocycles. The molecule has 0 saturated heterocycles. The Labute approximate surface area is 112 Å². The zero-order valence-electron chi connectivity index (χ0n) is 8.63. The predicted octanol–water partition coefficient (Wildman–Crippen LogP) is 4.48. The first-order chi connectivity index (χ1) is 7.66. The summed E-state index contributed by atoms with van der Waals surface area (Å²) in [7, 11) is 0. The Morgan fingerprint density at radius 3 is 3.00 bits per heavy atom. The van der Waals surface area contributed by atoms with Crippen LogP contribution in [0.5, 0.6) is 0 Å². The molecule has 16 heavy (non-hydrogen) atoms. The fraction of sp³-hybridized carbons (Fsp3) is 0.182. The van der Waals surface area contributed by atoms with Gasteiger partial charge in [-0.15, -0.1) is 11.3 Å². The van der Waals surface area contributed by atoms with E-state index in [9.17, 15) is 0 Å². The quantitative estimate of drug-likeness (QED) is 0.844. The first kappa shape index (κ1) is 11.9. The van der Waals surface area contributed by atoms with Crippen molar-refractivity contribution in [1.82, 2.24) is 4.98 Å². The second kappa shape index (κ2) is 5.17. The number of hydrogen-bond acceptors (Lipinski definition) is 3. The van der Waals surface area contributed by atoms with E-state index in [0.717, 1.165) is 22.3 Å². The Morgan fingerprint density at radius 2 is 2.38 bits per heavy atom. The van der Waals surface area contributed by atoms with Crippen molar-refractivity contribution < 1.29 is 0 Å². The van der Waals surface area contributed by atoms with Crippen LogP contribution in [0.4, 0.5) is 5.69 Å². The van der Waals surface area contributed by atoms with Gasteiger partial charge in [0.05, 0.1) is 5.69 Å². The van der Waals surface area contributed by atoms with Gasteiger partial charge in [0.25, 0.3) is 0 Å². The number of aromatic nitrogens is 1. The lowest BCUT2D eigenvalue weighted by atomic mass is 10.2. The highest BCUT2D eigenvalue weighted by molar-refractivity contribution is 9.10. The van der Waals surface area contributed by atoms with Crippen molar-refractivity contribution in [2.45, 2.75) is 13.5 Å². The molecule has 0 aliphatic rings. The second-order valence-corrected chi connectivity index (χ2v) is 5.65. The van der Waals surface area contributed by atoms with Gasteiger partial charge < -0.3 is 5.32 Å². The van der Waals surface area contributed by atoms with Crippen LogP contribution in [0.1, 0.15) is 10.4 Å². The molecule has 1 N–H and O–H groups in total. The molecule has 0 radical (unpaired) electrons. The van der Waals surface area contributed by atoms with Crippen LogP contribution in [-0.2, 0) is 6.54 Å². The van der Waals surface area contributed by atoms with E-state index in [2.05, 4.69) is 37.7 Å². The molecule has 0 bridgehead atoms. The highest BCUT2D eigenvalue weighted by atomic mass is 79.9. The van der Waals surface area contributed by atoms with Crippen LogP contribution < -0.4 is 5.32 Å². The van der Waals surface area contributed by atoms with Gasteiger partial charge in [0.2, 0.25) is 0 Å². The molecule has 2 rings (SSSR count). The van der Waals surface area contributed by atoms with Gasteiger partial charge >= 0.3 is 0 Å². The van der Waals surface area contributed by atoms with Crippen molar-refractivity contribution in [3.63, 3.8) is 0 Å². The summed E-state index contributed by atoms with van der Waals surface area (Å²) in [4.78, 5) is 5.31. The summed E-state index contributed by atoms with van der Waals surface area (Å²) in [6.45, 7) is 2.78. The molecule has 2 nitrogen and oxygen atoms in total. The monoisotopic (exact) mass is 316 g/mol. The number of nitrogens with one attached hydrogen (secondary N) is 1. The number of halogens is 2. The van der Waals surface area contributed by atoms with Gasteiger partial charge in [0, 0.05) is 27.5 Å². The highest BCUT2D eigenvalue weighted by Crippen LogP contribution is 2.25. The van der Waals surface area contributed by atoms with E-state index in [1.807, 2.05) is 13.0 Å². The SMILES string of the molecule is Cc1ccnc(Cl)c1NCc1cc(Br)cs1. The first-order valence-electron chi connectivity index (χ1n) is 4.74. The molecule has 5 heteroatoms. The fourth-order valence-electron chi connectivity index (χ4n) is 1.36. The molecule has 0 spiro atoms. The van der Waals surface area contributed by atoms with Gasteiger partial charge in [-0.25, -0.2) is 4.98 Å². The number of nitrogens with zero attached hydrogens (tertiary/aromatic N) is 1. The van der Waals surface area contributed by atoms with E-state index in [1.165, 1.54) is 4.88 Å². The van der Waals surface area contributed by atoms with Gasteiger partial charge in [0.15, 0.2) is 5.15 Å². The van der Waals surface area contributed by atoms with Gasteiger partial charge in [-0.05, 0) is 40.5 Å². The van der Waals surface area contributed by atoms with E-state index in [1.54, 1.807) is 17.5 Å². The standard InChI is InChI=1S/C11H10BrClN2S/c1-7-2-3-14-11(13)10(7)15-5-9-4-8(12)6-16-9/h2-4,6,15H,5H2,1H3. The third-order valence-electron chi connectivity index (χ3n) is 2.17. The number of aryl methyl sites for hydroxylation is 1. The molecule has 0 fully saturated rings. The highest BCUT2D eigenvalue weighted by Gasteiger charge is 2.05. The third-order valence-corrected chi connectivity index (χ3v) is 4.16. The lowest BCUT2D eigenvalue weighted by Gasteiger charge is -2.09. The molecule has 0 aliphatic heterocycles. The smallest absolute Gasteiger partial charge is 0.152 e. The van der Waals surface area contributed by atoms with Crippen LogP contribution in [0.3, 0.4) is 0 Å². The molecule has 0 aliphatic carbocycles. The van der Waals surface area contributed by atoms with Crippen LogP contribution in [0, 0.1) is 6.92 Å². The molecule has 2 heterocycles. The average molecular weight is 318 g/mol. The van der Waals surface area contributed by atoms with Crippen LogP contribution >= 0.6 is 38.9 Å². The summed E-state index contributed by atoms with van der Waals surface area (Å²) < 4.78 is 1.11. The van der Waals surface area contributed by atoms with Crippen LogP contribution in [-0.4, -0.2) is 4.98 Å². The van der Waals surface area contributed by atoms with Crippen molar-refractivity contribution in [3.8, 4) is 0 Å². The summed E-state index contributed by atoms with van der Waals surface area (Å²) >= 11 is 11.2. The number of pyridine rings is 1. The van der Waals surface area contributed by atoms with Crippen molar-refractivity contribution in [2.24, 2.45) is 0 Å².